The first-order valence-corrected chi connectivity index (χ1v) is 7.60. The maximum Gasteiger partial charge on any atom is 0.338 e. The highest BCUT2D eigenvalue weighted by atomic mass is 16.4. The molecule has 0 aliphatic carbocycles. The van der Waals surface area contributed by atoms with E-state index in [4.69, 9.17) is 11.5 Å². The minimum Gasteiger partial charge on any atom is -0.478 e. The summed E-state index contributed by atoms with van der Waals surface area (Å²) in [6.45, 7) is 0. The Kier molecular flexibility index (Phi) is 4.04. The van der Waals surface area contributed by atoms with Gasteiger partial charge in [0.05, 0.1) is 22.3 Å². The van der Waals surface area contributed by atoms with Crippen LogP contribution < -0.4 is 11.5 Å². The Morgan fingerprint density at radius 3 is 1.11 bits per heavy atom. The predicted octanol–water partition coefficient (Wildman–Crippen LogP) is 1.95. The summed E-state index contributed by atoms with van der Waals surface area (Å²) in [7, 11) is 0. The summed E-state index contributed by atoms with van der Waals surface area (Å²) in [5.41, 5.74) is 9.15. The van der Waals surface area contributed by atoms with Crippen molar-refractivity contribution in [3.05, 3.63) is 46.5 Å². The fourth-order valence-electron chi connectivity index (χ4n) is 3.21. The average Bonchev–Trinajstić information content (AvgIpc) is 2.57. The number of carboxylic acids is 4. The summed E-state index contributed by atoms with van der Waals surface area (Å²) in [4.78, 5) is 46.5. The Morgan fingerprint density at radius 2 is 0.857 bits per heavy atom. The van der Waals surface area contributed by atoms with E-state index in [-0.39, 0.29) is 44.0 Å². The van der Waals surface area contributed by atoms with E-state index in [1.54, 1.807) is 0 Å². The number of benzene rings is 3. The minimum atomic E-state index is -1.45. The molecular weight excluding hydrogens is 372 g/mol. The molecule has 10 nitrogen and oxygen atoms in total. The number of anilines is 2. The van der Waals surface area contributed by atoms with Crippen LogP contribution in [0, 0.1) is 0 Å². The molecule has 0 unspecified atom stereocenters. The summed E-state index contributed by atoms with van der Waals surface area (Å²) in [6.07, 6.45) is 0. The van der Waals surface area contributed by atoms with E-state index in [1.165, 1.54) is 0 Å². The Labute approximate surface area is 155 Å². The molecule has 3 aromatic rings. The van der Waals surface area contributed by atoms with Gasteiger partial charge in [0, 0.05) is 11.4 Å². The number of hydrogen-bond acceptors (Lipinski definition) is 6. The van der Waals surface area contributed by atoms with Crippen LogP contribution in [0.2, 0.25) is 0 Å². The molecule has 0 radical (unpaired) electrons. The third-order valence-corrected chi connectivity index (χ3v) is 4.34. The Hall–Kier alpha value is -4.34. The number of fused-ring (bicyclic) bond motifs is 2. The highest BCUT2D eigenvalue weighted by molar-refractivity contribution is 6.22. The van der Waals surface area contributed by atoms with E-state index in [9.17, 15) is 39.6 Å². The van der Waals surface area contributed by atoms with Crippen molar-refractivity contribution in [1.82, 2.24) is 0 Å². The molecule has 0 heterocycles. The van der Waals surface area contributed by atoms with Crippen LogP contribution in [-0.2, 0) is 0 Å². The quantitative estimate of drug-likeness (QED) is 0.285. The van der Waals surface area contributed by atoms with Crippen molar-refractivity contribution >= 4 is 56.8 Å². The molecule has 28 heavy (non-hydrogen) atoms. The maximum atomic E-state index is 11.6. The molecule has 0 aliphatic heterocycles. The number of carboxylic acid groups (broad SMARTS) is 4. The van der Waals surface area contributed by atoms with Crippen LogP contribution in [0.5, 0.6) is 0 Å². The van der Waals surface area contributed by atoms with Crippen LogP contribution in [-0.4, -0.2) is 44.3 Å². The van der Waals surface area contributed by atoms with Gasteiger partial charge in [-0.2, -0.15) is 0 Å². The minimum absolute atomic E-state index is 0.115. The molecule has 0 atom stereocenters. The predicted molar refractivity (Wildman–Crippen MR) is 98.1 cm³/mol. The molecule has 0 amide bonds. The second kappa shape index (κ2) is 6.13. The Morgan fingerprint density at radius 1 is 0.536 bits per heavy atom. The first-order valence-electron chi connectivity index (χ1n) is 7.60. The smallest absolute Gasteiger partial charge is 0.338 e. The van der Waals surface area contributed by atoms with Gasteiger partial charge in [-0.3, -0.25) is 0 Å². The Balaban J connectivity index is 2.71. The van der Waals surface area contributed by atoms with Crippen LogP contribution in [0.25, 0.3) is 21.5 Å². The topological polar surface area (TPSA) is 201 Å². The van der Waals surface area contributed by atoms with Crippen LogP contribution in [0.1, 0.15) is 41.4 Å². The Bertz CT molecular complexity index is 1150. The van der Waals surface area contributed by atoms with Crippen molar-refractivity contribution in [3.8, 4) is 0 Å². The molecule has 0 saturated heterocycles. The zero-order chi connectivity index (χ0) is 20.9. The molecule has 3 aromatic carbocycles. The molecule has 0 saturated carbocycles. The lowest BCUT2D eigenvalue weighted by atomic mass is 9.90. The number of carbonyl (C=O) groups is 4. The van der Waals surface area contributed by atoms with Gasteiger partial charge in [0.25, 0.3) is 0 Å². The van der Waals surface area contributed by atoms with Crippen LogP contribution in [0.4, 0.5) is 11.4 Å². The van der Waals surface area contributed by atoms with Crippen molar-refractivity contribution in [3.63, 3.8) is 0 Å². The van der Waals surface area contributed by atoms with Gasteiger partial charge in [-0.25, -0.2) is 19.2 Å². The molecule has 0 fully saturated rings. The summed E-state index contributed by atoms with van der Waals surface area (Å²) in [5, 5.41) is 37.3. The second-order valence-corrected chi connectivity index (χ2v) is 5.94. The van der Waals surface area contributed by atoms with Crippen molar-refractivity contribution < 1.29 is 39.6 Å². The molecule has 142 valence electrons. The zero-order valence-electron chi connectivity index (χ0n) is 13.9. The first kappa shape index (κ1) is 18.5. The molecule has 8 N–H and O–H groups in total. The van der Waals surface area contributed by atoms with Crippen LogP contribution >= 0.6 is 0 Å². The number of hydrogen-bond donors (Lipinski definition) is 6. The number of nitrogens with two attached hydrogens (primary N) is 2. The average molecular weight is 384 g/mol. The summed E-state index contributed by atoms with van der Waals surface area (Å²) in [5.74, 6) is -5.76. The van der Waals surface area contributed by atoms with Gasteiger partial charge in [-0.05, 0) is 45.8 Å². The first-order chi connectivity index (χ1) is 13.0. The normalized spacial score (nSPS) is 10.9. The molecule has 0 spiro atoms. The van der Waals surface area contributed by atoms with E-state index in [2.05, 4.69) is 0 Å². The van der Waals surface area contributed by atoms with Gasteiger partial charge in [0.2, 0.25) is 0 Å². The zero-order valence-corrected chi connectivity index (χ0v) is 13.9. The monoisotopic (exact) mass is 384 g/mol. The van der Waals surface area contributed by atoms with Crippen LogP contribution in [0.3, 0.4) is 0 Å². The third-order valence-electron chi connectivity index (χ3n) is 4.34. The van der Waals surface area contributed by atoms with Gasteiger partial charge in [0.1, 0.15) is 0 Å². The van der Waals surface area contributed by atoms with E-state index >= 15 is 0 Å². The summed E-state index contributed by atoms with van der Waals surface area (Å²) >= 11 is 0. The van der Waals surface area contributed by atoms with Crippen molar-refractivity contribution in [2.75, 3.05) is 11.5 Å². The highest BCUT2D eigenvalue weighted by Crippen LogP contribution is 2.36. The van der Waals surface area contributed by atoms with Crippen LogP contribution in [0.15, 0.2) is 24.3 Å². The molecular formula is C18H12N2O8. The van der Waals surface area contributed by atoms with Gasteiger partial charge >= 0.3 is 23.9 Å². The lowest BCUT2D eigenvalue weighted by Crippen LogP contribution is -2.10. The fourth-order valence-corrected chi connectivity index (χ4v) is 3.21. The highest BCUT2D eigenvalue weighted by Gasteiger charge is 2.24. The summed E-state index contributed by atoms with van der Waals surface area (Å²) < 4.78 is 0. The van der Waals surface area contributed by atoms with Crippen molar-refractivity contribution in [2.24, 2.45) is 0 Å². The van der Waals surface area contributed by atoms with E-state index < -0.39 is 35.0 Å². The van der Waals surface area contributed by atoms with Gasteiger partial charge in [-0.1, -0.05) is 0 Å². The third kappa shape index (κ3) is 2.60. The lowest BCUT2D eigenvalue weighted by molar-refractivity contribution is 0.0684. The SMILES string of the molecule is Nc1cc(C(=O)O)c2cc3c(C(=O)O)c(N)cc(C(=O)O)c3cc2c1C(=O)O. The van der Waals surface area contributed by atoms with Gasteiger partial charge in [-0.15, -0.1) is 0 Å². The van der Waals surface area contributed by atoms with E-state index in [1.807, 2.05) is 0 Å². The number of aromatic carboxylic acids is 4. The fraction of sp³-hybridized carbons (Fsp3) is 0. The van der Waals surface area contributed by atoms with Crippen molar-refractivity contribution in [1.29, 1.82) is 0 Å². The van der Waals surface area contributed by atoms with Gasteiger partial charge < -0.3 is 31.9 Å². The second-order valence-electron chi connectivity index (χ2n) is 5.94. The standard InChI is InChI=1S/C18H12N2O8/c19-11-4-10(16(23)24)6-2-8-5(1-7(6)13(11)17(25)26)9(15(21)22)3-12(20)14(8)18(27)28/h1-4H,19-20H2,(H,21,22)(H,23,24)(H,25,26)(H,27,28). The molecule has 0 aromatic heterocycles. The lowest BCUT2D eigenvalue weighted by Gasteiger charge is -2.14. The molecule has 0 aliphatic rings. The maximum absolute atomic E-state index is 11.6. The molecule has 10 heteroatoms. The van der Waals surface area contributed by atoms with Crippen molar-refractivity contribution in [2.45, 2.75) is 0 Å². The molecule has 3 rings (SSSR count). The van der Waals surface area contributed by atoms with E-state index in [0.29, 0.717) is 0 Å². The van der Waals surface area contributed by atoms with Gasteiger partial charge in [0.15, 0.2) is 0 Å². The summed E-state index contributed by atoms with van der Waals surface area (Å²) in [6, 6.07) is 4.11. The number of nitrogen functional groups attached to an aromatic ring is 2. The largest absolute Gasteiger partial charge is 0.478 e. The number of rotatable bonds is 4. The van der Waals surface area contributed by atoms with E-state index in [0.717, 1.165) is 24.3 Å². The molecule has 0 bridgehead atoms.